The predicted molar refractivity (Wildman–Crippen MR) is 121 cm³/mol. The van der Waals surface area contributed by atoms with Crippen LogP contribution in [0.25, 0.3) is 0 Å². The molecular formula is C22H21BrN2O3S. The van der Waals surface area contributed by atoms with Gasteiger partial charge in [0.05, 0.1) is 14.4 Å². The number of phenols is 1. The first-order chi connectivity index (χ1) is 13.6. The number of carbonyl (C=O) groups is 2. The van der Waals surface area contributed by atoms with E-state index in [2.05, 4.69) is 47.3 Å². The minimum Gasteiger partial charge on any atom is -0.506 e. The summed E-state index contributed by atoms with van der Waals surface area (Å²) in [6, 6.07) is 15.5. The van der Waals surface area contributed by atoms with E-state index < -0.39 is 0 Å². The number of phenolic OH excluding ortho intramolecular Hbond substituents is 1. The van der Waals surface area contributed by atoms with Gasteiger partial charge in [0.2, 0.25) is 0 Å². The molecule has 0 spiro atoms. The molecule has 5 nitrogen and oxygen atoms in total. The fourth-order valence-electron chi connectivity index (χ4n) is 2.66. The molecule has 3 N–H and O–H groups in total. The largest absolute Gasteiger partial charge is 0.506 e. The first-order valence-corrected chi connectivity index (χ1v) is 10.6. The van der Waals surface area contributed by atoms with Crippen LogP contribution in [0.2, 0.25) is 0 Å². The number of nitrogens with one attached hydrogen (secondary N) is 2. The standard InChI is InChI=1S/C22H21BrN2O3S/c1-22(2,3)14-6-4-13(5-7-14)20(27)25-16-9-8-15(12-17(16)26)24-21(28)18-10-11-19(23)29-18/h4-12,26H,1-3H3,(H,24,28)(H,25,27). The van der Waals surface area contributed by atoms with Gasteiger partial charge in [-0.3, -0.25) is 9.59 Å². The van der Waals surface area contributed by atoms with Crippen LogP contribution in [0.15, 0.2) is 58.4 Å². The quantitative estimate of drug-likeness (QED) is 0.406. The summed E-state index contributed by atoms with van der Waals surface area (Å²) in [5.41, 5.74) is 2.34. The molecule has 2 aromatic carbocycles. The van der Waals surface area contributed by atoms with Crippen molar-refractivity contribution in [3.05, 3.63) is 74.4 Å². The van der Waals surface area contributed by atoms with Gasteiger partial charge in [-0.15, -0.1) is 11.3 Å². The highest BCUT2D eigenvalue weighted by atomic mass is 79.9. The van der Waals surface area contributed by atoms with Crippen LogP contribution in [-0.4, -0.2) is 16.9 Å². The van der Waals surface area contributed by atoms with E-state index in [4.69, 9.17) is 0 Å². The molecule has 29 heavy (non-hydrogen) atoms. The monoisotopic (exact) mass is 472 g/mol. The number of hydrogen-bond acceptors (Lipinski definition) is 4. The zero-order chi connectivity index (χ0) is 21.2. The molecular weight excluding hydrogens is 452 g/mol. The lowest BCUT2D eigenvalue weighted by Crippen LogP contribution is -2.14. The molecule has 3 rings (SSSR count). The minimum atomic E-state index is -0.319. The van der Waals surface area contributed by atoms with E-state index in [9.17, 15) is 14.7 Å². The highest BCUT2D eigenvalue weighted by molar-refractivity contribution is 9.11. The number of benzene rings is 2. The van der Waals surface area contributed by atoms with E-state index >= 15 is 0 Å². The topological polar surface area (TPSA) is 78.4 Å². The summed E-state index contributed by atoms with van der Waals surface area (Å²) in [5.74, 6) is -0.716. The van der Waals surface area contributed by atoms with Crippen molar-refractivity contribution in [3.63, 3.8) is 0 Å². The summed E-state index contributed by atoms with van der Waals surface area (Å²) in [6.07, 6.45) is 0. The molecule has 0 saturated heterocycles. The number of hydrogen-bond donors (Lipinski definition) is 3. The second kappa shape index (κ2) is 8.39. The molecule has 0 aliphatic heterocycles. The minimum absolute atomic E-state index is 0.00668. The molecule has 0 saturated carbocycles. The van der Waals surface area contributed by atoms with Gasteiger partial charge in [0, 0.05) is 17.3 Å². The van der Waals surface area contributed by atoms with Gasteiger partial charge in [0.1, 0.15) is 5.75 Å². The van der Waals surface area contributed by atoms with Gasteiger partial charge in [0.15, 0.2) is 0 Å². The van der Waals surface area contributed by atoms with Crippen molar-refractivity contribution in [2.75, 3.05) is 10.6 Å². The Kier molecular flexibility index (Phi) is 6.10. The van der Waals surface area contributed by atoms with Gasteiger partial charge in [0.25, 0.3) is 11.8 Å². The molecule has 0 aliphatic rings. The van der Waals surface area contributed by atoms with Crippen molar-refractivity contribution >= 4 is 50.5 Å². The average molecular weight is 473 g/mol. The third kappa shape index (κ3) is 5.25. The van der Waals surface area contributed by atoms with Crippen molar-refractivity contribution in [3.8, 4) is 5.75 Å². The fourth-order valence-corrected chi connectivity index (χ4v) is 3.94. The zero-order valence-electron chi connectivity index (χ0n) is 16.2. The molecule has 0 atom stereocenters. The lowest BCUT2D eigenvalue weighted by molar-refractivity contribution is 0.101. The molecule has 0 aliphatic carbocycles. The SMILES string of the molecule is CC(C)(C)c1ccc(C(=O)Nc2ccc(NC(=O)c3ccc(Br)s3)cc2O)cc1. The number of halogens is 1. The number of carbonyl (C=O) groups excluding carboxylic acids is 2. The normalized spacial score (nSPS) is 11.2. The van der Waals surface area contributed by atoms with Crippen molar-refractivity contribution in [2.24, 2.45) is 0 Å². The smallest absolute Gasteiger partial charge is 0.265 e. The number of anilines is 2. The first kappa shape index (κ1) is 21.1. The number of amides is 2. The van der Waals surface area contributed by atoms with Crippen molar-refractivity contribution in [1.82, 2.24) is 0 Å². The van der Waals surface area contributed by atoms with E-state index in [-0.39, 0.29) is 28.7 Å². The number of rotatable bonds is 4. The highest BCUT2D eigenvalue weighted by Gasteiger charge is 2.15. The Morgan fingerprint density at radius 1 is 0.931 bits per heavy atom. The summed E-state index contributed by atoms with van der Waals surface area (Å²) >= 11 is 4.64. The van der Waals surface area contributed by atoms with Crippen LogP contribution < -0.4 is 10.6 Å². The highest BCUT2D eigenvalue weighted by Crippen LogP contribution is 2.29. The maximum Gasteiger partial charge on any atom is 0.265 e. The van der Waals surface area contributed by atoms with Crippen LogP contribution in [0.5, 0.6) is 5.75 Å². The van der Waals surface area contributed by atoms with Gasteiger partial charge < -0.3 is 15.7 Å². The Morgan fingerprint density at radius 2 is 1.62 bits per heavy atom. The fraction of sp³-hybridized carbons (Fsp3) is 0.182. The Hall–Kier alpha value is -2.64. The maximum atomic E-state index is 12.5. The van der Waals surface area contributed by atoms with Crippen LogP contribution in [0, 0.1) is 0 Å². The Morgan fingerprint density at radius 3 is 2.17 bits per heavy atom. The third-order valence-electron chi connectivity index (χ3n) is 4.31. The molecule has 1 heterocycles. The van der Waals surface area contributed by atoms with E-state index in [0.29, 0.717) is 16.1 Å². The van der Waals surface area contributed by atoms with Crippen LogP contribution in [0.1, 0.15) is 46.4 Å². The van der Waals surface area contributed by atoms with Crippen LogP contribution >= 0.6 is 27.3 Å². The zero-order valence-corrected chi connectivity index (χ0v) is 18.6. The Labute approximate surface area is 181 Å². The molecule has 3 aromatic rings. The van der Waals surface area contributed by atoms with Gasteiger partial charge in [-0.25, -0.2) is 0 Å². The summed E-state index contributed by atoms with van der Waals surface area (Å²) in [4.78, 5) is 25.2. The maximum absolute atomic E-state index is 12.5. The number of thiophene rings is 1. The molecule has 1 aromatic heterocycles. The van der Waals surface area contributed by atoms with Crippen LogP contribution in [0.4, 0.5) is 11.4 Å². The van der Waals surface area contributed by atoms with Crippen molar-refractivity contribution in [2.45, 2.75) is 26.2 Å². The molecule has 0 bridgehead atoms. The van der Waals surface area contributed by atoms with Gasteiger partial charge in [-0.2, -0.15) is 0 Å². The molecule has 0 fully saturated rings. The molecule has 2 amide bonds. The molecule has 7 heteroatoms. The van der Waals surface area contributed by atoms with Gasteiger partial charge in [-0.05, 0) is 63.3 Å². The van der Waals surface area contributed by atoms with Gasteiger partial charge in [-0.1, -0.05) is 32.9 Å². The number of aromatic hydroxyl groups is 1. The van der Waals surface area contributed by atoms with Crippen molar-refractivity contribution in [1.29, 1.82) is 0 Å². The lowest BCUT2D eigenvalue weighted by Gasteiger charge is -2.19. The summed E-state index contributed by atoms with van der Waals surface area (Å²) < 4.78 is 0.860. The molecule has 0 unspecified atom stereocenters. The summed E-state index contributed by atoms with van der Waals surface area (Å²) in [6.45, 7) is 6.33. The Balaban J connectivity index is 1.68. The third-order valence-corrected chi connectivity index (χ3v) is 5.94. The van der Waals surface area contributed by atoms with E-state index in [1.165, 1.54) is 17.4 Å². The molecule has 150 valence electrons. The molecule has 0 radical (unpaired) electrons. The first-order valence-electron chi connectivity index (χ1n) is 8.95. The summed E-state index contributed by atoms with van der Waals surface area (Å²) in [7, 11) is 0. The van der Waals surface area contributed by atoms with Crippen LogP contribution in [0.3, 0.4) is 0 Å². The van der Waals surface area contributed by atoms with E-state index in [0.717, 1.165) is 9.35 Å². The van der Waals surface area contributed by atoms with Crippen molar-refractivity contribution < 1.29 is 14.7 Å². The second-order valence-electron chi connectivity index (χ2n) is 7.57. The Bertz CT molecular complexity index is 1050. The summed E-state index contributed by atoms with van der Waals surface area (Å²) in [5, 5.41) is 15.7. The van der Waals surface area contributed by atoms with E-state index in [1.54, 1.807) is 36.4 Å². The average Bonchev–Trinajstić information content (AvgIpc) is 3.10. The van der Waals surface area contributed by atoms with Crippen LogP contribution in [-0.2, 0) is 5.41 Å². The second-order valence-corrected chi connectivity index (χ2v) is 10.0. The van der Waals surface area contributed by atoms with E-state index in [1.807, 2.05) is 12.1 Å². The predicted octanol–water partition coefficient (Wildman–Crippen LogP) is 6.02. The van der Waals surface area contributed by atoms with Gasteiger partial charge >= 0.3 is 0 Å². The lowest BCUT2D eigenvalue weighted by atomic mass is 9.87.